The fourth-order valence-corrected chi connectivity index (χ4v) is 5.02. The summed E-state index contributed by atoms with van der Waals surface area (Å²) in [5.41, 5.74) is 1.43. The van der Waals surface area contributed by atoms with Crippen molar-refractivity contribution in [1.82, 2.24) is 14.8 Å². The Labute approximate surface area is 192 Å². The Balaban J connectivity index is 1.37. The molecular weight excluding hydrogens is 435 g/mol. The number of aryl methyl sites for hydroxylation is 1. The number of aliphatic hydroxyl groups is 1. The lowest BCUT2D eigenvalue weighted by Gasteiger charge is -2.32. The third-order valence-corrected chi connectivity index (χ3v) is 7.09. The van der Waals surface area contributed by atoms with Crippen molar-refractivity contribution in [2.24, 2.45) is 11.8 Å². The summed E-state index contributed by atoms with van der Waals surface area (Å²) in [4.78, 5) is 16.7. The van der Waals surface area contributed by atoms with Crippen LogP contribution in [-0.2, 0) is 4.74 Å². The van der Waals surface area contributed by atoms with E-state index in [0.29, 0.717) is 42.2 Å². The van der Waals surface area contributed by atoms with Crippen LogP contribution < -0.4 is 10.9 Å². The number of ether oxygens (including phenoxy) is 1. The second kappa shape index (κ2) is 10.3. The lowest BCUT2D eigenvalue weighted by molar-refractivity contribution is 0.0595. The van der Waals surface area contributed by atoms with Crippen LogP contribution in [0.3, 0.4) is 0 Å². The largest absolute Gasteiger partial charge is 0.388 e. The highest BCUT2D eigenvalue weighted by Gasteiger charge is 2.30. The monoisotopic (exact) mass is 464 g/mol. The standard InChI is InChI=1S/C23H30ClFN4O3/c1-14-18(8-9-20(25)28-14)22(30)16-4-6-17(7-5-16)29-23(31)21(24)19(12-27-29)26-11-15-3-2-10-32-13-15/h8-9,12,15-17,22,26,30H,2-7,10-11,13H2,1H3/t15?,16?,17?,22-/m1/s1. The molecule has 4 rings (SSSR count). The molecule has 2 fully saturated rings. The van der Waals surface area contributed by atoms with Crippen LogP contribution in [0.2, 0.25) is 5.02 Å². The normalized spacial score (nSPS) is 24.8. The molecule has 0 amide bonds. The maximum atomic E-state index is 13.3. The van der Waals surface area contributed by atoms with Gasteiger partial charge in [0.05, 0.1) is 30.6 Å². The minimum atomic E-state index is -0.701. The molecule has 2 atom stereocenters. The fraction of sp³-hybridized carbons (Fsp3) is 0.609. The second-order valence-corrected chi connectivity index (χ2v) is 9.29. The first-order valence-corrected chi connectivity index (χ1v) is 11.7. The van der Waals surface area contributed by atoms with Gasteiger partial charge in [-0.05, 0) is 63.4 Å². The predicted molar refractivity (Wildman–Crippen MR) is 120 cm³/mol. The van der Waals surface area contributed by atoms with Crippen LogP contribution >= 0.6 is 11.6 Å². The molecule has 0 bridgehead atoms. The van der Waals surface area contributed by atoms with Gasteiger partial charge in [-0.3, -0.25) is 4.79 Å². The molecule has 32 heavy (non-hydrogen) atoms. The van der Waals surface area contributed by atoms with Gasteiger partial charge in [0.1, 0.15) is 5.02 Å². The molecule has 2 aromatic heterocycles. The number of nitrogens with zero attached hydrogens (tertiary/aromatic N) is 3. The van der Waals surface area contributed by atoms with Gasteiger partial charge in [-0.25, -0.2) is 9.67 Å². The molecule has 2 aromatic rings. The van der Waals surface area contributed by atoms with E-state index in [2.05, 4.69) is 15.4 Å². The van der Waals surface area contributed by atoms with Crippen molar-refractivity contribution in [2.45, 2.75) is 57.6 Å². The van der Waals surface area contributed by atoms with Crippen LogP contribution in [0.15, 0.2) is 23.1 Å². The highest BCUT2D eigenvalue weighted by atomic mass is 35.5. The SMILES string of the molecule is Cc1nc(F)ccc1[C@H](O)C1CCC(n2ncc(NCC3CCCOC3)c(Cl)c2=O)CC1. The zero-order valence-corrected chi connectivity index (χ0v) is 19.0. The lowest BCUT2D eigenvalue weighted by atomic mass is 9.80. The Bertz CT molecular complexity index is 988. The molecule has 1 unspecified atom stereocenters. The first-order chi connectivity index (χ1) is 15.4. The Kier molecular flexibility index (Phi) is 7.43. The summed E-state index contributed by atoms with van der Waals surface area (Å²) < 4.78 is 20.3. The number of hydrogen-bond acceptors (Lipinski definition) is 6. The lowest BCUT2D eigenvalue weighted by Crippen LogP contribution is -2.32. The molecule has 1 aliphatic heterocycles. The van der Waals surface area contributed by atoms with Crippen molar-refractivity contribution in [1.29, 1.82) is 0 Å². The van der Waals surface area contributed by atoms with Crippen molar-refractivity contribution >= 4 is 17.3 Å². The van der Waals surface area contributed by atoms with Gasteiger partial charge in [-0.1, -0.05) is 17.7 Å². The molecule has 0 aromatic carbocycles. The summed E-state index contributed by atoms with van der Waals surface area (Å²) in [6.07, 6.45) is 5.96. The van der Waals surface area contributed by atoms with Gasteiger partial charge < -0.3 is 15.2 Å². The molecule has 2 aliphatic rings. The molecule has 9 heteroatoms. The number of nitrogens with one attached hydrogen (secondary N) is 1. The van der Waals surface area contributed by atoms with Crippen LogP contribution in [0.4, 0.5) is 10.1 Å². The van der Waals surface area contributed by atoms with E-state index in [1.165, 1.54) is 10.7 Å². The minimum absolute atomic E-state index is 0.0297. The van der Waals surface area contributed by atoms with E-state index in [9.17, 15) is 14.3 Å². The average molecular weight is 465 g/mol. The first-order valence-electron chi connectivity index (χ1n) is 11.3. The van der Waals surface area contributed by atoms with E-state index >= 15 is 0 Å². The number of aromatic nitrogens is 3. The number of anilines is 1. The van der Waals surface area contributed by atoms with Crippen molar-refractivity contribution in [3.8, 4) is 0 Å². The summed E-state index contributed by atoms with van der Waals surface area (Å²) in [6, 6.07) is 2.82. The van der Waals surface area contributed by atoms with Crippen molar-refractivity contribution in [3.05, 3.63) is 50.9 Å². The molecule has 1 saturated heterocycles. The molecule has 7 nitrogen and oxygen atoms in total. The van der Waals surface area contributed by atoms with Crippen LogP contribution in [0.1, 0.15) is 61.9 Å². The van der Waals surface area contributed by atoms with E-state index in [0.717, 1.165) is 38.9 Å². The first kappa shape index (κ1) is 23.1. The molecule has 2 N–H and O–H groups in total. The van der Waals surface area contributed by atoms with E-state index in [-0.39, 0.29) is 22.5 Å². The zero-order valence-electron chi connectivity index (χ0n) is 18.3. The Morgan fingerprint density at radius 2 is 2.09 bits per heavy atom. The molecule has 1 saturated carbocycles. The van der Waals surface area contributed by atoms with Gasteiger partial charge in [0.15, 0.2) is 0 Å². The fourth-order valence-electron chi connectivity index (χ4n) is 4.82. The maximum Gasteiger partial charge on any atom is 0.287 e. The van der Waals surface area contributed by atoms with Crippen molar-refractivity contribution in [3.63, 3.8) is 0 Å². The quantitative estimate of drug-likeness (QED) is 0.627. The molecule has 0 radical (unpaired) electrons. The number of aliphatic hydroxyl groups excluding tert-OH is 1. The van der Waals surface area contributed by atoms with Gasteiger partial charge in [0.2, 0.25) is 5.95 Å². The molecular formula is C23H30ClFN4O3. The van der Waals surface area contributed by atoms with Gasteiger partial charge in [0, 0.05) is 24.4 Å². The van der Waals surface area contributed by atoms with E-state index in [4.69, 9.17) is 16.3 Å². The summed E-state index contributed by atoms with van der Waals surface area (Å²) in [6.45, 7) is 3.94. The Hall–Kier alpha value is -2.03. The van der Waals surface area contributed by atoms with Gasteiger partial charge in [0.25, 0.3) is 5.56 Å². The average Bonchev–Trinajstić information content (AvgIpc) is 2.80. The van der Waals surface area contributed by atoms with E-state index in [1.54, 1.807) is 19.2 Å². The van der Waals surface area contributed by atoms with E-state index < -0.39 is 12.1 Å². The zero-order chi connectivity index (χ0) is 22.7. The molecule has 0 spiro atoms. The smallest absolute Gasteiger partial charge is 0.287 e. The molecule has 1 aliphatic carbocycles. The number of hydrogen-bond donors (Lipinski definition) is 2. The van der Waals surface area contributed by atoms with Crippen LogP contribution in [0.25, 0.3) is 0 Å². The van der Waals surface area contributed by atoms with Gasteiger partial charge >= 0.3 is 0 Å². The minimum Gasteiger partial charge on any atom is -0.388 e. The van der Waals surface area contributed by atoms with E-state index in [1.807, 2.05) is 0 Å². The highest BCUT2D eigenvalue weighted by Crippen LogP contribution is 2.39. The Morgan fingerprint density at radius 3 is 2.78 bits per heavy atom. The topological polar surface area (TPSA) is 89.3 Å². The van der Waals surface area contributed by atoms with Crippen LogP contribution in [0.5, 0.6) is 0 Å². The number of rotatable bonds is 6. The number of halogens is 2. The van der Waals surface area contributed by atoms with Crippen molar-refractivity contribution in [2.75, 3.05) is 25.1 Å². The van der Waals surface area contributed by atoms with Crippen molar-refractivity contribution < 1.29 is 14.2 Å². The van der Waals surface area contributed by atoms with Crippen LogP contribution in [0, 0.1) is 24.7 Å². The third-order valence-electron chi connectivity index (χ3n) is 6.72. The summed E-state index contributed by atoms with van der Waals surface area (Å²) >= 11 is 6.38. The Morgan fingerprint density at radius 1 is 1.31 bits per heavy atom. The molecule has 3 heterocycles. The summed E-state index contributed by atoms with van der Waals surface area (Å²) in [7, 11) is 0. The third kappa shape index (κ3) is 5.13. The summed E-state index contributed by atoms with van der Waals surface area (Å²) in [5.74, 6) is -0.111. The van der Waals surface area contributed by atoms with Crippen LogP contribution in [-0.4, -0.2) is 39.6 Å². The second-order valence-electron chi connectivity index (χ2n) is 8.91. The highest BCUT2D eigenvalue weighted by molar-refractivity contribution is 6.32. The maximum absolute atomic E-state index is 13.3. The van der Waals surface area contributed by atoms with Gasteiger partial charge in [-0.15, -0.1) is 0 Å². The van der Waals surface area contributed by atoms with Gasteiger partial charge in [-0.2, -0.15) is 9.49 Å². The number of pyridine rings is 1. The summed E-state index contributed by atoms with van der Waals surface area (Å²) in [5, 5.41) is 18.6. The predicted octanol–water partition coefficient (Wildman–Crippen LogP) is 4.04. The molecule has 174 valence electrons.